The Morgan fingerprint density at radius 2 is 2.18 bits per heavy atom. The number of rotatable bonds is 7. The highest BCUT2D eigenvalue weighted by Crippen LogP contribution is 2.29. The molecule has 1 aromatic carbocycles. The van der Waals surface area contributed by atoms with Crippen molar-refractivity contribution in [1.29, 1.82) is 5.26 Å². The minimum Gasteiger partial charge on any atom is -0.379 e. The zero-order chi connectivity index (χ0) is 23.4. The van der Waals surface area contributed by atoms with E-state index in [0.29, 0.717) is 24.5 Å². The standard InChI is InChI=1S/C22H22ClFN6O2S/c1-14(26-22(31)18-13-33-19(27-18)12-29-6-8-32-9-7-29)11-30-5-4-17(28-30)16-3-2-15(10-25)20(23)21(16)24/h2-5,13-14H,6-9,11-12H2,1H3,(H,26,31)/t14-/m0/s1. The summed E-state index contributed by atoms with van der Waals surface area (Å²) in [5.41, 5.74) is 1.07. The Kier molecular flexibility index (Phi) is 7.35. The summed E-state index contributed by atoms with van der Waals surface area (Å²) >= 11 is 7.39. The molecule has 1 amide bonds. The molecule has 0 saturated carbocycles. The van der Waals surface area contributed by atoms with Crippen LogP contribution in [0.5, 0.6) is 0 Å². The van der Waals surface area contributed by atoms with Gasteiger partial charge in [0, 0.05) is 36.3 Å². The van der Waals surface area contributed by atoms with Crippen molar-refractivity contribution >= 4 is 28.8 Å². The number of aromatic nitrogens is 3. The number of thiazole rings is 1. The monoisotopic (exact) mass is 488 g/mol. The molecule has 4 rings (SSSR count). The molecule has 172 valence electrons. The highest BCUT2D eigenvalue weighted by Gasteiger charge is 2.18. The summed E-state index contributed by atoms with van der Waals surface area (Å²) in [6.07, 6.45) is 1.70. The molecule has 1 N–H and O–H groups in total. The number of morpholine rings is 1. The van der Waals surface area contributed by atoms with Crippen molar-refractivity contribution in [2.24, 2.45) is 0 Å². The van der Waals surface area contributed by atoms with Gasteiger partial charge in [0.15, 0.2) is 5.82 Å². The molecule has 8 nitrogen and oxygen atoms in total. The predicted molar refractivity (Wildman–Crippen MR) is 122 cm³/mol. The summed E-state index contributed by atoms with van der Waals surface area (Å²) in [7, 11) is 0. The zero-order valence-electron chi connectivity index (χ0n) is 17.9. The average molecular weight is 489 g/mol. The van der Waals surface area contributed by atoms with Crippen molar-refractivity contribution in [1.82, 2.24) is 25.0 Å². The van der Waals surface area contributed by atoms with Crippen molar-refractivity contribution < 1.29 is 13.9 Å². The molecule has 1 aliphatic heterocycles. The molecule has 0 spiro atoms. The SMILES string of the molecule is C[C@@H](Cn1ccc(-c2ccc(C#N)c(Cl)c2F)n1)NC(=O)c1csc(CN2CCOCC2)n1. The van der Waals surface area contributed by atoms with Crippen LogP contribution in [0.2, 0.25) is 5.02 Å². The van der Waals surface area contributed by atoms with Gasteiger partial charge in [0.05, 0.1) is 42.6 Å². The largest absolute Gasteiger partial charge is 0.379 e. The van der Waals surface area contributed by atoms with Crippen molar-refractivity contribution in [2.45, 2.75) is 26.1 Å². The third-order valence-electron chi connectivity index (χ3n) is 5.20. The number of amides is 1. The quantitative estimate of drug-likeness (QED) is 0.548. The third kappa shape index (κ3) is 5.57. The number of benzene rings is 1. The number of hydrogen-bond acceptors (Lipinski definition) is 7. The third-order valence-corrected chi connectivity index (χ3v) is 6.41. The number of nitriles is 1. The summed E-state index contributed by atoms with van der Waals surface area (Å²) in [5, 5.41) is 18.7. The number of ether oxygens (including phenoxy) is 1. The lowest BCUT2D eigenvalue weighted by molar-refractivity contribution is 0.0341. The lowest BCUT2D eigenvalue weighted by Crippen LogP contribution is -2.36. The van der Waals surface area contributed by atoms with Crippen LogP contribution in [0.25, 0.3) is 11.3 Å². The highest BCUT2D eigenvalue weighted by molar-refractivity contribution is 7.09. The smallest absolute Gasteiger partial charge is 0.271 e. The molecule has 3 aromatic rings. The van der Waals surface area contributed by atoms with Crippen molar-refractivity contribution in [3.05, 3.63) is 56.9 Å². The van der Waals surface area contributed by atoms with E-state index in [0.717, 1.165) is 31.3 Å². The first kappa shape index (κ1) is 23.3. The lowest BCUT2D eigenvalue weighted by atomic mass is 10.1. The second-order valence-electron chi connectivity index (χ2n) is 7.71. The molecule has 2 aromatic heterocycles. The first-order chi connectivity index (χ1) is 15.9. The zero-order valence-corrected chi connectivity index (χ0v) is 19.5. The van der Waals surface area contributed by atoms with Gasteiger partial charge in [-0.05, 0) is 25.1 Å². The Labute approximate surface area is 199 Å². The molecule has 11 heteroatoms. The van der Waals surface area contributed by atoms with Crippen LogP contribution in [0.1, 0.15) is 28.0 Å². The van der Waals surface area contributed by atoms with Crippen molar-refractivity contribution in [3.63, 3.8) is 0 Å². The summed E-state index contributed by atoms with van der Waals surface area (Å²) < 4.78 is 21.5. The number of nitrogens with one attached hydrogen (secondary N) is 1. The fourth-order valence-electron chi connectivity index (χ4n) is 3.50. The number of carbonyl (C=O) groups excluding carboxylic acids is 1. The van der Waals surface area contributed by atoms with Crippen LogP contribution in [-0.2, 0) is 17.8 Å². The van der Waals surface area contributed by atoms with E-state index < -0.39 is 5.82 Å². The first-order valence-electron chi connectivity index (χ1n) is 10.4. The lowest BCUT2D eigenvalue weighted by Gasteiger charge is -2.25. The van der Waals surface area contributed by atoms with E-state index in [9.17, 15) is 9.18 Å². The maximum Gasteiger partial charge on any atom is 0.271 e. The molecule has 0 bridgehead atoms. The highest BCUT2D eigenvalue weighted by atomic mass is 35.5. The Bertz CT molecular complexity index is 1180. The first-order valence-corrected chi connectivity index (χ1v) is 11.7. The molecule has 1 atom stereocenters. The minimum absolute atomic E-state index is 0.0730. The van der Waals surface area contributed by atoms with Gasteiger partial charge in [0.1, 0.15) is 16.8 Å². The molecule has 1 fully saturated rings. The fourth-order valence-corrected chi connectivity index (χ4v) is 4.53. The Morgan fingerprint density at radius 1 is 1.39 bits per heavy atom. The van der Waals surface area contributed by atoms with Crippen molar-refractivity contribution in [2.75, 3.05) is 26.3 Å². The van der Waals surface area contributed by atoms with E-state index in [1.165, 1.54) is 23.5 Å². The summed E-state index contributed by atoms with van der Waals surface area (Å²) in [5.74, 6) is -0.928. The molecule has 1 aliphatic rings. The van der Waals surface area contributed by atoms with E-state index in [-0.39, 0.29) is 28.1 Å². The van der Waals surface area contributed by atoms with Crippen LogP contribution >= 0.6 is 22.9 Å². The normalized spacial score (nSPS) is 15.2. The molecule has 0 radical (unpaired) electrons. The summed E-state index contributed by atoms with van der Waals surface area (Å²) in [6, 6.07) is 6.22. The van der Waals surface area contributed by atoms with Crippen LogP contribution in [-0.4, -0.2) is 57.9 Å². The van der Waals surface area contributed by atoms with Gasteiger partial charge in [-0.1, -0.05) is 11.6 Å². The number of halogens is 2. The van der Waals surface area contributed by atoms with Crippen LogP contribution < -0.4 is 5.32 Å². The molecular weight excluding hydrogens is 467 g/mol. The molecule has 0 unspecified atom stereocenters. The molecule has 1 saturated heterocycles. The number of nitrogens with zero attached hydrogens (tertiary/aromatic N) is 5. The van der Waals surface area contributed by atoms with Crippen LogP contribution in [0.3, 0.4) is 0 Å². The van der Waals surface area contributed by atoms with E-state index in [4.69, 9.17) is 21.6 Å². The van der Waals surface area contributed by atoms with E-state index in [1.807, 2.05) is 13.0 Å². The minimum atomic E-state index is -0.682. The summed E-state index contributed by atoms with van der Waals surface area (Å²) in [4.78, 5) is 19.3. The fraction of sp³-hybridized carbons (Fsp3) is 0.364. The van der Waals surface area contributed by atoms with Gasteiger partial charge in [-0.25, -0.2) is 9.37 Å². The second-order valence-corrected chi connectivity index (χ2v) is 9.03. The van der Waals surface area contributed by atoms with Gasteiger partial charge in [-0.2, -0.15) is 10.4 Å². The molecular formula is C22H22ClFN6O2S. The van der Waals surface area contributed by atoms with Crippen LogP contribution in [0.15, 0.2) is 29.8 Å². The summed E-state index contributed by atoms with van der Waals surface area (Å²) in [6.45, 7) is 6.13. The maximum atomic E-state index is 14.5. The topological polar surface area (TPSA) is 96.1 Å². The molecule has 0 aliphatic carbocycles. The van der Waals surface area contributed by atoms with E-state index in [2.05, 4.69) is 20.3 Å². The Balaban J connectivity index is 1.34. The van der Waals surface area contributed by atoms with Gasteiger partial charge >= 0.3 is 0 Å². The molecule has 33 heavy (non-hydrogen) atoms. The van der Waals surface area contributed by atoms with Crippen molar-refractivity contribution in [3.8, 4) is 17.3 Å². The second kappa shape index (κ2) is 10.4. The van der Waals surface area contributed by atoms with E-state index in [1.54, 1.807) is 22.3 Å². The predicted octanol–water partition coefficient (Wildman–Crippen LogP) is 3.32. The van der Waals surface area contributed by atoms with Gasteiger partial charge in [0.25, 0.3) is 5.91 Å². The number of carbonyl (C=O) groups is 1. The van der Waals surface area contributed by atoms with Gasteiger partial charge < -0.3 is 10.1 Å². The van der Waals surface area contributed by atoms with Crippen LogP contribution in [0, 0.1) is 17.1 Å². The van der Waals surface area contributed by atoms with Gasteiger partial charge in [-0.15, -0.1) is 11.3 Å². The Morgan fingerprint density at radius 3 is 2.94 bits per heavy atom. The van der Waals surface area contributed by atoms with Gasteiger partial charge in [0.2, 0.25) is 0 Å². The van der Waals surface area contributed by atoms with E-state index >= 15 is 0 Å². The Hall–Kier alpha value is -2.84. The maximum absolute atomic E-state index is 14.5. The van der Waals surface area contributed by atoms with Gasteiger partial charge in [-0.3, -0.25) is 14.4 Å². The average Bonchev–Trinajstić information content (AvgIpc) is 3.46. The van der Waals surface area contributed by atoms with Crippen LogP contribution in [0.4, 0.5) is 4.39 Å². The number of hydrogen-bond donors (Lipinski definition) is 1. The molecule has 3 heterocycles.